The van der Waals surface area contributed by atoms with E-state index in [0.717, 1.165) is 18.9 Å². The van der Waals surface area contributed by atoms with Crippen LogP contribution in [0.5, 0.6) is 0 Å². The first-order valence-electron chi connectivity index (χ1n) is 4.05. The third-order valence-electron chi connectivity index (χ3n) is 1.56. The Morgan fingerprint density at radius 1 is 1.00 bits per heavy atom. The lowest BCUT2D eigenvalue weighted by Gasteiger charge is -2.00. The van der Waals surface area contributed by atoms with Crippen LogP contribution in [-0.2, 0) is 0 Å². The third-order valence-corrected chi connectivity index (χ3v) is 1.56. The zero-order valence-electron chi connectivity index (χ0n) is 6.32. The summed E-state index contributed by atoms with van der Waals surface area (Å²) in [5.41, 5.74) is 0. The van der Waals surface area contributed by atoms with E-state index >= 15 is 0 Å². The fraction of sp³-hybridized carbons (Fsp3) is 0.750. The van der Waals surface area contributed by atoms with Crippen LogP contribution in [0.15, 0.2) is 12.1 Å². The molecule has 0 nitrogen and oxygen atoms in total. The van der Waals surface area contributed by atoms with E-state index in [1.165, 1.54) is 25.7 Å². The molecule has 1 aliphatic carbocycles. The van der Waals surface area contributed by atoms with E-state index in [9.17, 15) is 0 Å². The summed E-state index contributed by atoms with van der Waals surface area (Å²) in [4.78, 5) is 0. The van der Waals surface area contributed by atoms with Gasteiger partial charge in [-0.1, -0.05) is 25.0 Å². The minimum Gasteiger partial charge on any atom is -0.0885 e. The lowest BCUT2D eigenvalue weighted by molar-refractivity contribution is 0.638. The molecule has 0 bridgehead atoms. The van der Waals surface area contributed by atoms with Gasteiger partial charge in [0.1, 0.15) is 0 Å². The molecule has 0 aromatic carbocycles. The quantitative estimate of drug-likeness (QED) is 0.422. The highest BCUT2D eigenvalue weighted by molar-refractivity contribution is 4.82. The zero-order valence-corrected chi connectivity index (χ0v) is 5.32. The maximum Gasteiger partial charge on any atom is 0.0572 e. The molecule has 0 unspecified atom stereocenters. The fourth-order valence-electron chi connectivity index (χ4n) is 1.03. The van der Waals surface area contributed by atoms with Crippen LogP contribution in [0.2, 0.25) is 0 Å². The Morgan fingerprint density at radius 3 is 2.62 bits per heavy atom. The average molecular weight is 111 g/mol. The summed E-state index contributed by atoms with van der Waals surface area (Å²) >= 11 is 0. The van der Waals surface area contributed by atoms with Crippen LogP contribution in [0, 0.1) is 0 Å². The lowest BCUT2D eigenvalue weighted by atomic mass is 10.1. The maximum absolute atomic E-state index is 7.37. The van der Waals surface area contributed by atoms with Crippen LogP contribution in [0.3, 0.4) is 0 Å². The first-order chi connectivity index (χ1) is 4.39. The van der Waals surface area contributed by atoms with Crippen molar-refractivity contribution in [1.82, 2.24) is 0 Å². The lowest BCUT2D eigenvalue weighted by Crippen LogP contribution is -1.80. The van der Waals surface area contributed by atoms with Gasteiger partial charge >= 0.3 is 0 Å². The van der Waals surface area contributed by atoms with E-state index in [-0.39, 0.29) is 0 Å². The van der Waals surface area contributed by atoms with Gasteiger partial charge in [0, 0.05) is 0 Å². The van der Waals surface area contributed by atoms with Crippen molar-refractivity contribution in [3.8, 4) is 0 Å². The summed E-state index contributed by atoms with van der Waals surface area (Å²) in [7, 11) is 0. The van der Waals surface area contributed by atoms with Crippen LogP contribution in [0.1, 0.15) is 39.9 Å². The molecule has 0 aliphatic heterocycles. The monoisotopic (exact) mass is 111 g/mol. The standard InChI is InChI=1S/C8H14/c1-2-4-6-8-7-5-3-1/h1-2H,3-8H2/b2-1+/i1D. The first-order valence-corrected chi connectivity index (χ1v) is 3.55. The van der Waals surface area contributed by atoms with Crippen LogP contribution < -0.4 is 0 Å². The molecular formula is C8H14. The molecule has 0 heterocycles. The van der Waals surface area contributed by atoms with Gasteiger partial charge in [0.2, 0.25) is 0 Å². The second-order valence-corrected chi connectivity index (χ2v) is 2.36. The third kappa shape index (κ3) is 2.15. The van der Waals surface area contributed by atoms with Crippen LogP contribution in [0.25, 0.3) is 0 Å². The number of rotatable bonds is 0. The van der Waals surface area contributed by atoms with E-state index in [0.29, 0.717) is 0 Å². The molecule has 0 aromatic rings. The van der Waals surface area contributed by atoms with E-state index in [1.54, 1.807) is 0 Å². The summed E-state index contributed by atoms with van der Waals surface area (Å²) in [6.45, 7) is 0. The summed E-state index contributed by atoms with van der Waals surface area (Å²) in [6.07, 6.45) is 9.44. The van der Waals surface area contributed by atoms with E-state index in [4.69, 9.17) is 1.37 Å². The fourth-order valence-corrected chi connectivity index (χ4v) is 1.03. The average Bonchev–Trinajstić information content (AvgIpc) is 1.79. The molecule has 8 heavy (non-hydrogen) atoms. The van der Waals surface area contributed by atoms with E-state index in [2.05, 4.69) is 6.08 Å². The Balaban J connectivity index is 2.32. The zero-order chi connectivity index (χ0) is 6.53. The van der Waals surface area contributed by atoms with Gasteiger partial charge in [-0.25, -0.2) is 0 Å². The number of hydrogen-bond donors (Lipinski definition) is 0. The van der Waals surface area contributed by atoms with Gasteiger partial charge in [-0.05, 0) is 25.7 Å². The van der Waals surface area contributed by atoms with Gasteiger partial charge in [-0.2, -0.15) is 0 Å². The van der Waals surface area contributed by atoms with Crippen molar-refractivity contribution in [2.24, 2.45) is 0 Å². The predicted molar refractivity (Wildman–Crippen MR) is 36.8 cm³/mol. The molecular weight excluding hydrogens is 96.1 g/mol. The highest BCUT2D eigenvalue weighted by Gasteiger charge is 1.89. The summed E-state index contributed by atoms with van der Waals surface area (Å²) in [5.74, 6) is 0. The molecule has 0 spiro atoms. The highest BCUT2D eigenvalue weighted by Crippen LogP contribution is 2.09. The van der Waals surface area contributed by atoms with Crippen molar-refractivity contribution in [2.75, 3.05) is 0 Å². The van der Waals surface area contributed by atoms with E-state index < -0.39 is 0 Å². The minimum absolute atomic E-state index is 0.856. The molecule has 0 saturated heterocycles. The molecule has 1 rings (SSSR count). The number of allylic oxidation sites excluding steroid dienone is 2. The molecule has 0 fully saturated rings. The van der Waals surface area contributed by atoms with Crippen LogP contribution in [0.4, 0.5) is 0 Å². The number of hydrogen-bond acceptors (Lipinski definition) is 0. The normalized spacial score (nSPS) is 31.5. The smallest absolute Gasteiger partial charge is 0.0572 e. The van der Waals surface area contributed by atoms with Crippen molar-refractivity contribution in [3.05, 3.63) is 12.1 Å². The second-order valence-electron chi connectivity index (χ2n) is 2.36. The molecule has 0 radical (unpaired) electrons. The highest BCUT2D eigenvalue weighted by atomic mass is 14.0. The Morgan fingerprint density at radius 2 is 1.75 bits per heavy atom. The molecule has 0 heteroatoms. The van der Waals surface area contributed by atoms with Crippen molar-refractivity contribution >= 4 is 0 Å². The van der Waals surface area contributed by atoms with Crippen LogP contribution in [-0.4, -0.2) is 0 Å². The SMILES string of the molecule is [2H]/C1=C\CCCCCC1. The summed E-state index contributed by atoms with van der Waals surface area (Å²) in [5, 5.41) is 0. The predicted octanol–water partition coefficient (Wildman–Crippen LogP) is 2.90. The second kappa shape index (κ2) is 3.71. The minimum atomic E-state index is 0.856. The van der Waals surface area contributed by atoms with E-state index in [1.807, 2.05) is 0 Å². The Kier molecular flexibility index (Phi) is 2.13. The Bertz CT molecular complexity index is 105. The van der Waals surface area contributed by atoms with Crippen molar-refractivity contribution < 1.29 is 1.37 Å². The molecule has 1 aliphatic rings. The van der Waals surface area contributed by atoms with Crippen molar-refractivity contribution in [3.63, 3.8) is 0 Å². The van der Waals surface area contributed by atoms with Gasteiger partial charge in [0.05, 0.1) is 1.37 Å². The Hall–Kier alpha value is -0.260. The van der Waals surface area contributed by atoms with Gasteiger partial charge in [0.15, 0.2) is 0 Å². The van der Waals surface area contributed by atoms with Crippen molar-refractivity contribution in [2.45, 2.75) is 38.5 Å². The largest absolute Gasteiger partial charge is 0.0885 e. The van der Waals surface area contributed by atoms with Crippen molar-refractivity contribution in [1.29, 1.82) is 0 Å². The molecule has 0 aromatic heterocycles. The maximum atomic E-state index is 7.37. The molecule has 0 amide bonds. The molecule has 0 atom stereocenters. The first kappa shape index (κ1) is 4.60. The van der Waals surface area contributed by atoms with Gasteiger partial charge < -0.3 is 0 Å². The molecule has 46 valence electrons. The van der Waals surface area contributed by atoms with Crippen LogP contribution >= 0.6 is 0 Å². The summed E-state index contributed by atoms with van der Waals surface area (Å²) in [6, 6.07) is 0.856. The molecule has 0 saturated carbocycles. The Labute approximate surface area is 53.0 Å². The molecule has 0 N–H and O–H groups in total. The van der Waals surface area contributed by atoms with Gasteiger partial charge in [0.25, 0.3) is 0 Å². The van der Waals surface area contributed by atoms with Gasteiger partial charge in [-0.15, -0.1) is 0 Å². The summed E-state index contributed by atoms with van der Waals surface area (Å²) < 4.78 is 7.37. The van der Waals surface area contributed by atoms with Gasteiger partial charge in [-0.3, -0.25) is 0 Å². The topological polar surface area (TPSA) is 0 Å².